The Hall–Kier alpha value is -2.84. The Morgan fingerprint density at radius 1 is 0.774 bits per heavy atom. The van der Waals surface area contributed by atoms with Gasteiger partial charge in [0.1, 0.15) is 0 Å². The summed E-state index contributed by atoms with van der Waals surface area (Å²) >= 11 is 0. The zero-order chi connectivity index (χ0) is 20.7. The number of H-pyrrole nitrogens is 1. The lowest BCUT2D eigenvalue weighted by Gasteiger charge is -2.40. The molecule has 6 rings (SSSR count). The molecule has 3 aromatic carbocycles. The Morgan fingerprint density at radius 2 is 1.52 bits per heavy atom. The minimum Gasteiger partial charge on any atom is -0.354 e. The SMILES string of the molecule is c1ccc(-c2[nH]c3ccccc3c2CCN2CCC3(CCc4ccccc43)CC2)cc1. The smallest absolute Gasteiger partial charge is 0.0497 e. The molecule has 0 amide bonds. The van der Waals surface area contributed by atoms with Gasteiger partial charge >= 0.3 is 0 Å². The van der Waals surface area contributed by atoms with Crippen molar-refractivity contribution in [3.63, 3.8) is 0 Å². The Morgan fingerprint density at radius 3 is 2.39 bits per heavy atom. The third-order valence-electron chi connectivity index (χ3n) is 7.83. The van der Waals surface area contributed by atoms with Crippen LogP contribution in [0.4, 0.5) is 0 Å². The summed E-state index contributed by atoms with van der Waals surface area (Å²) in [5.74, 6) is 0. The van der Waals surface area contributed by atoms with Crippen molar-refractivity contribution in [3.05, 3.63) is 95.6 Å². The number of hydrogen-bond donors (Lipinski definition) is 1. The molecule has 0 saturated carbocycles. The average molecular weight is 407 g/mol. The number of hydrogen-bond acceptors (Lipinski definition) is 1. The highest BCUT2D eigenvalue weighted by molar-refractivity contribution is 5.90. The maximum atomic E-state index is 3.70. The van der Waals surface area contributed by atoms with Crippen molar-refractivity contribution in [1.82, 2.24) is 9.88 Å². The Labute approximate surface area is 184 Å². The number of benzene rings is 3. The largest absolute Gasteiger partial charge is 0.354 e. The number of fused-ring (bicyclic) bond motifs is 3. The molecule has 156 valence electrons. The molecule has 1 saturated heterocycles. The molecule has 1 spiro atoms. The molecule has 0 radical (unpaired) electrons. The summed E-state index contributed by atoms with van der Waals surface area (Å²) in [6.45, 7) is 3.58. The third-order valence-corrected chi connectivity index (χ3v) is 7.83. The first-order valence-electron chi connectivity index (χ1n) is 11.8. The fourth-order valence-corrected chi connectivity index (χ4v) is 6.07. The fourth-order valence-electron chi connectivity index (χ4n) is 6.07. The number of aromatic nitrogens is 1. The van der Waals surface area contributed by atoms with Crippen LogP contribution in [0, 0.1) is 0 Å². The summed E-state index contributed by atoms with van der Waals surface area (Å²) in [7, 11) is 0. The molecule has 1 fully saturated rings. The third kappa shape index (κ3) is 3.30. The molecule has 1 aliphatic heterocycles. The van der Waals surface area contributed by atoms with E-state index < -0.39 is 0 Å². The van der Waals surface area contributed by atoms with Crippen LogP contribution in [0.25, 0.3) is 22.2 Å². The molecule has 1 N–H and O–H groups in total. The van der Waals surface area contributed by atoms with E-state index in [4.69, 9.17) is 0 Å². The van der Waals surface area contributed by atoms with Crippen molar-refractivity contribution >= 4 is 10.9 Å². The van der Waals surface area contributed by atoms with Gasteiger partial charge in [-0.3, -0.25) is 0 Å². The highest BCUT2D eigenvalue weighted by Gasteiger charge is 2.40. The first-order chi connectivity index (χ1) is 15.3. The fraction of sp³-hybridized carbons (Fsp3) is 0.310. The van der Waals surface area contributed by atoms with Crippen LogP contribution < -0.4 is 0 Å². The number of nitrogens with one attached hydrogen (secondary N) is 1. The molecule has 0 bridgehead atoms. The van der Waals surface area contributed by atoms with Gasteiger partial charge in [0.2, 0.25) is 0 Å². The van der Waals surface area contributed by atoms with E-state index in [-0.39, 0.29) is 0 Å². The molecule has 1 aliphatic carbocycles. The molecule has 1 aromatic heterocycles. The van der Waals surface area contributed by atoms with Crippen LogP contribution in [-0.2, 0) is 18.3 Å². The molecule has 2 nitrogen and oxygen atoms in total. The van der Waals surface area contributed by atoms with Gasteiger partial charge in [0, 0.05) is 23.1 Å². The Bertz CT molecular complexity index is 1200. The van der Waals surface area contributed by atoms with Gasteiger partial charge in [0.15, 0.2) is 0 Å². The average Bonchev–Trinajstić information content (AvgIpc) is 3.39. The maximum Gasteiger partial charge on any atom is 0.0497 e. The highest BCUT2D eigenvalue weighted by atomic mass is 15.1. The van der Waals surface area contributed by atoms with Crippen LogP contribution in [0.15, 0.2) is 78.9 Å². The lowest BCUT2D eigenvalue weighted by molar-refractivity contribution is 0.160. The summed E-state index contributed by atoms with van der Waals surface area (Å²) in [5.41, 5.74) is 8.99. The highest BCUT2D eigenvalue weighted by Crippen LogP contribution is 2.46. The number of likely N-dealkylation sites (tertiary alicyclic amines) is 1. The molecular weight excluding hydrogens is 376 g/mol. The van der Waals surface area contributed by atoms with Crippen LogP contribution >= 0.6 is 0 Å². The molecule has 0 unspecified atom stereocenters. The van der Waals surface area contributed by atoms with Crippen LogP contribution in [0.1, 0.15) is 36.0 Å². The van der Waals surface area contributed by atoms with Gasteiger partial charge in [-0.25, -0.2) is 0 Å². The van der Waals surface area contributed by atoms with Crippen LogP contribution in [0.5, 0.6) is 0 Å². The number of nitrogens with zero attached hydrogens (tertiary/aromatic N) is 1. The quantitative estimate of drug-likeness (QED) is 0.418. The first kappa shape index (κ1) is 18.9. The van der Waals surface area contributed by atoms with Gasteiger partial charge in [-0.15, -0.1) is 0 Å². The zero-order valence-corrected chi connectivity index (χ0v) is 18.1. The monoisotopic (exact) mass is 406 g/mol. The second-order valence-electron chi connectivity index (χ2n) is 9.42. The minimum atomic E-state index is 0.447. The van der Waals surface area contributed by atoms with Gasteiger partial charge in [0.25, 0.3) is 0 Å². The van der Waals surface area contributed by atoms with Gasteiger partial charge < -0.3 is 9.88 Å². The summed E-state index contributed by atoms with van der Waals surface area (Å²) < 4.78 is 0. The number of para-hydroxylation sites is 1. The van der Waals surface area contributed by atoms with E-state index in [0.717, 1.165) is 13.0 Å². The summed E-state index contributed by atoms with van der Waals surface area (Å²) in [5, 5.41) is 1.37. The van der Waals surface area contributed by atoms with Crippen LogP contribution in [0.3, 0.4) is 0 Å². The lowest BCUT2D eigenvalue weighted by Crippen LogP contribution is -2.42. The standard InChI is InChI=1S/C29H30N2/c1-2-9-23(10-3-1)28-25(24-11-5-7-13-27(24)30-28)15-19-31-20-17-29(18-21-31)16-14-22-8-4-6-12-26(22)29/h1-13,30H,14-21H2. The van der Waals surface area contributed by atoms with Crippen molar-refractivity contribution in [3.8, 4) is 11.3 Å². The number of aromatic amines is 1. The second kappa shape index (κ2) is 7.69. The van der Waals surface area contributed by atoms with Gasteiger partial charge in [0.05, 0.1) is 0 Å². The van der Waals surface area contributed by atoms with E-state index in [2.05, 4.69) is 88.7 Å². The van der Waals surface area contributed by atoms with Gasteiger partial charge in [-0.1, -0.05) is 72.8 Å². The predicted octanol–water partition coefficient (Wildman–Crippen LogP) is 6.36. The predicted molar refractivity (Wildman–Crippen MR) is 130 cm³/mol. The molecular formula is C29H30N2. The van der Waals surface area contributed by atoms with Gasteiger partial charge in [-0.05, 0) is 78.9 Å². The topological polar surface area (TPSA) is 19.0 Å². The van der Waals surface area contributed by atoms with E-state index in [1.165, 1.54) is 66.5 Å². The van der Waals surface area contributed by atoms with Crippen molar-refractivity contribution in [2.24, 2.45) is 0 Å². The second-order valence-corrected chi connectivity index (χ2v) is 9.42. The normalized spacial score (nSPS) is 17.9. The number of rotatable bonds is 4. The molecule has 0 atom stereocenters. The molecule has 2 heterocycles. The molecule has 31 heavy (non-hydrogen) atoms. The lowest BCUT2D eigenvalue weighted by atomic mass is 9.74. The van der Waals surface area contributed by atoms with Crippen molar-refractivity contribution in [1.29, 1.82) is 0 Å². The summed E-state index contributed by atoms with van der Waals surface area (Å²) in [6.07, 6.45) is 6.33. The zero-order valence-electron chi connectivity index (χ0n) is 18.1. The number of piperidine rings is 1. The maximum absolute atomic E-state index is 3.70. The minimum absolute atomic E-state index is 0.447. The van der Waals surface area contributed by atoms with E-state index in [9.17, 15) is 0 Å². The van der Waals surface area contributed by atoms with Crippen molar-refractivity contribution < 1.29 is 0 Å². The van der Waals surface area contributed by atoms with Gasteiger partial charge in [-0.2, -0.15) is 0 Å². The Balaban J connectivity index is 1.21. The summed E-state index contributed by atoms with van der Waals surface area (Å²) in [4.78, 5) is 6.40. The molecule has 2 aliphatic rings. The van der Waals surface area contributed by atoms with Crippen LogP contribution in [0.2, 0.25) is 0 Å². The van der Waals surface area contributed by atoms with E-state index in [0.29, 0.717) is 5.41 Å². The van der Waals surface area contributed by atoms with E-state index in [1.807, 2.05) is 0 Å². The van der Waals surface area contributed by atoms with Crippen molar-refractivity contribution in [2.45, 2.75) is 37.5 Å². The van der Waals surface area contributed by atoms with E-state index in [1.54, 1.807) is 11.1 Å². The van der Waals surface area contributed by atoms with Crippen molar-refractivity contribution in [2.75, 3.05) is 19.6 Å². The Kier molecular flexibility index (Phi) is 4.69. The van der Waals surface area contributed by atoms with E-state index >= 15 is 0 Å². The first-order valence-corrected chi connectivity index (χ1v) is 11.8. The molecule has 4 aromatic rings. The number of aryl methyl sites for hydroxylation is 1. The van der Waals surface area contributed by atoms with Crippen LogP contribution in [-0.4, -0.2) is 29.5 Å². The molecule has 2 heteroatoms. The summed E-state index contributed by atoms with van der Waals surface area (Å²) in [6, 6.07) is 28.7.